The summed E-state index contributed by atoms with van der Waals surface area (Å²) in [6, 6.07) is 8.68. The number of aromatic nitrogens is 2. The predicted molar refractivity (Wildman–Crippen MR) is 95.0 cm³/mol. The lowest BCUT2D eigenvalue weighted by Gasteiger charge is -2.36. The summed E-state index contributed by atoms with van der Waals surface area (Å²) >= 11 is 5.87. The summed E-state index contributed by atoms with van der Waals surface area (Å²) in [6.07, 6.45) is 4.79. The van der Waals surface area contributed by atoms with Crippen LogP contribution in [-0.4, -0.2) is 40.2 Å². The van der Waals surface area contributed by atoms with Gasteiger partial charge < -0.3 is 10.2 Å². The molecule has 128 valence electrons. The summed E-state index contributed by atoms with van der Waals surface area (Å²) in [5, 5.41) is 8.12. The van der Waals surface area contributed by atoms with Crippen LogP contribution in [0.25, 0.3) is 0 Å². The lowest BCUT2D eigenvalue weighted by molar-refractivity contribution is -0.134. The van der Waals surface area contributed by atoms with E-state index in [0.29, 0.717) is 18.0 Å². The number of benzene rings is 1. The Hall–Kier alpha value is -1.85. The average Bonchev–Trinajstić information content (AvgIpc) is 3.05. The van der Waals surface area contributed by atoms with E-state index < -0.39 is 0 Å². The van der Waals surface area contributed by atoms with Crippen LogP contribution < -0.4 is 5.32 Å². The molecule has 0 spiro atoms. The van der Waals surface area contributed by atoms with Gasteiger partial charge in [0.2, 0.25) is 5.91 Å². The van der Waals surface area contributed by atoms with Crippen molar-refractivity contribution in [1.82, 2.24) is 20.0 Å². The van der Waals surface area contributed by atoms with Gasteiger partial charge in [0.05, 0.1) is 17.3 Å². The molecule has 0 aliphatic carbocycles. The minimum Gasteiger partial charge on any atom is -0.333 e. The van der Waals surface area contributed by atoms with Gasteiger partial charge in [-0.15, -0.1) is 0 Å². The lowest BCUT2D eigenvalue weighted by atomic mass is 10.0. The van der Waals surface area contributed by atoms with Crippen molar-refractivity contribution in [2.24, 2.45) is 0 Å². The smallest absolute Gasteiger partial charge is 0.225 e. The third kappa shape index (κ3) is 3.97. The first-order chi connectivity index (χ1) is 11.7. The van der Waals surface area contributed by atoms with E-state index in [1.54, 1.807) is 17.1 Å². The van der Waals surface area contributed by atoms with Crippen molar-refractivity contribution < 1.29 is 4.79 Å². The fourth-order valence-electron chi connectivity index (χ4n) is 3.09. The van der Waals surface area contributed by atoms with Crippen LogP contribution in [0.1, 0.15) is 30.5 Å². The number of carbonyl (C=O) groups excluding carboxylic acids is 1. The van der Waals surface area contributed by atoms with Crippen molar-refractivity contribution in [3.63, 3.8) is 0 Å². The Labute approximate surface area is 147 Å². The van der Waals surface area contributed by atoms with Crippen molar-refractivity contribution in [3.05, 3.63) is 52.8 Å². The molecule has 1 aliphatic rings. The molecule has 24 heavy (non-hydrogen) atoms. The molecule has 0 saturated carbocycles. The molecule has 1 fully saturated rings. The fraction of sp³-hybridized carbons (Fsp3) is 0.444. The molecule has 1 N–H and O–H groups in total. The van der Waals surface area contributed by atoms with Gasteiger partial charge in [0.1, 0.15) is 0 Å². The fourth-order valence-corrected chi connectivity index (χ4v) is 3.25. The highest BCUT2D eigenvalue weighted by molar-refractivity contribution is 6.30. The first-order valence-electron chi connectivity index (χ1n) is 8.44. The maximum absolute atomic E-state index is 12.7. The third-order valence-corrected chi connectivity index (χ3v) is 4.69. The number of piperazine rings is 1. The summed E-state index contributed by atoms with van der Waals surface area (Å²) in [5.74, 6) is 0.160. The summed E-state index contributed by atoms with van der Waals surface area (Å²) < 4.78 is 1.72. The number of aryl methyl sites for hydroxylation is 2. The molecule has 1 unspecified atom stereocenters. The van der Waals surface area contributed by atoms with E-state index in [1.165, 1.54) is 11.1 Å². The van der Waals surface area contributed by atoms with Crippen molar-refractivity contribution in [2.45, 2.75) is 32.4 Å². The van der Waals surface area contributed by atoms with Crippen molar-refractivity contribution >= 4 is 17.5 Å². The number of hydrogen-bond donors (Lipinski definition) is 1. The molecule has 2 heterocycles. The van der Waals surface area contributed by atoms with Gasteiger partial charge in [0, 0.05) is 38.8 Å². The maximum atomic E-state index is 12.7. The number of carbonyl (C=O) groups is 1. The molecule has 2 aromatic rings. The van der Waals surface area contributed by atoms with Gasteiger partial charge in [0.25, 0.3) is 0 Å². The second kappa shape index (κ2) is 7.81. The lowest BCUT2D eigenvalue weighted by Crippen LogP contribution is -2.48. The largest absolute Gasteiger partial charge is 0.333 e. The summed E-state index contributed by atoms with van der Waals surface area (Å²) in [5.41, 5.74) is 2.51. The van der Waals surface area contributed by atoms with Crippen molar-refractivity contribution in [3.8, 4) is 0 Å². The molecular weight excluding hydrogens is 324 g/mol. The Kier molecular flexibility index (Phi) is 5.53. The third-order valence-electron chi connectivity index (χ3n) is 4.49. The van der Waals surface area contributed by atoms with Crippen LogP contribution >= 0.6 is 11.6 Å². The Bertz CT molecular complexity index is 683. The Morgan fingerprint density at radius 2 is 2.17 bits per heavy atom. The molecule has 1 aliphatic heterocycles. The van der Waals surface area contributed by atoms with Crippen molar-refractivity contribution in [2.75, 3.05) is 19.6 Å². The number of rotatable bonds is 5. The van der Waals surface area contributed by atoms with E-state index in [1.807, 2.05) is 4.90 Å². The van der Waals surface area contributed by atoms with Crippen molar-refractivity contribution in [1.29, 1.82) is 0 Å². The van der Waals surface area contributed by atoms with Gasteiger partial charge in [0.15, 0.2) is 0 Å². The van der Waals surface area contributed by atoms with Gasteiger partial charge >= 0.3 is 0 Å². The zero-order valence-electron chi connectivity index (χ0n) is 13.9. The molecular formula is C18H23ClN4O. The van der Waals surface area contributed by atoms with Crippen LogP contribution in [0.5, 0.6) is 0 Å². The number of halogens is 1. The van der Waals surface area contributed by atoms with E-state index in [2.05, 4.69) is 41.6 Å². The average molecular weight is 347 g/mol. The van der Waals surface area contributed by atoms with Crippen LogP contribution in [-0.2, 0) is 17.8 Å². The maximum Gasteiger partial charge on any atom is 0.225 e. The van der Waals surface area contributed by atoms with Gasteiger partial charge in [-0.2, -0.15) is 5.10 Å². The summed E-state index contributed by atoms with van der Waals surface area (Å²) in [7, 11) is 0. The molecule has 1 atom stereocenters. The zero-order valence-corrected chi connectivity index (χ0v) is 14.7. The van der Waals surface area contributed by atoms with Gasteiger partial charge in [-0.25, -0.2) is 0 Å². The minimum atomic E-state index is 0.0957. The predicted octanol–water partition coefficient (Wildman–Crippen LogP) is 2.66. The zero-order chi connectivity index (χ0) is 16.9. The van der Waals surface area contributed by atoms with E-state index in [0.717, 1.165) is 26.1 Å². The van der Waals surface area contributed by atoms with Crippen LogP contribution in [0.2, 0.25) is 5.02 Å². The van der Waals surface area contributed by atoms with Gasteiger partial charge in [-0.05, 0) is 17.5 Å². The first-order valence-corrected chi connectivity index (χ1v) is 8.82. The van der Waals surface area contributed by atoms with Crippen LogP contribution in [0.4, 0.5) is 0 Å². The Morgan fingerprint density at radius 3 is 2.83 bits per heavy atom. The molecule has 0 radical (unpaired) electrons. The molecule has 1 aromatic carbocycles. The Balaban J connectivity index is 1.67. The topological polar surface area (TPSA) is 50.2 Å². The molecule has 1 saturated heterocycles. The standard InChI is InChI=1S/C18H23ClN4O/c1-2-14-3-5-15(6-4-14)17-12-20-8-10-23(17)18(24)7-9-22-13-16(19)11-21-22/h3-6,11,13,17,20H,2,7-10,12H2,1H3. The highest BCUT2D eigenvalue weighted by Gasteiger charge is 2.27. The van der Waals surface area contributed by atoms with Gasteiger partial charge in [-0.1, -0.05) is 42.8 Å². The van der Waals surface area contributed by atoms with Gasteiger partial charge in [-0.3, -0.25) is 9.48 Å². The number of nitrogens with zero attached hydrogens (tertiary/aromatic N) is 3. The minimum absolute atomic E-state index is 0.0957. The highest BCUT2D eigenvalue weighted by atomic mass is 35.5. The summed E-state index contributed by atoms with van der Waals surface area (Å²) in [4.78, 5) is 14.7. The molecule has 3 rings (SSSR count). The SMILES string of the molecule is CCc1ccc(C2CNCCN2C(=O)CCn2cc(Cl)cn2)cc1. The van der Waals surface area contributed by atoms with E-state index in [4.69, 9.17) is 11.6 Å². The second-order valence-electron chi connectivity index (χ2n) is 6.07. The van der Waals surface area contributed by atoms with E-state index in [-0.39, 0.29) is 11.9 Å². The molecule has 1 aromatic heterocycles. The van der Waals surface area contributed by atoms with Crippen LogP contribution in [0.15, 0.2) is 36.7 Å². The van der Waals surface area contributed by atoms with E-state index in [9.17, 15) is 4.79 Å². The highest BCUT2D eigenvalue weighted by Crippen LogP contribution is 2.23. The van der Waals surface area contributed by atoms with Crippen LogP contribution in [0, 0.1) is 0 Å². The van der Waals surface area contributed by atoms with Crippen LogP contribution in [0.3, 0.4) is 0 Å². The number of hydrogen-bond acceptors (Lipinski definition) is 3. The first kappa shape index (κ1) is 17.0. The normalized spacial score (nSPS) is 17.9. The molecule has 0 bridgehead atoms. The molecule has 6 heteroatoms. The monoisotopic (exact) mass is 346 g/mol. The quantitative estimate of drug-likeness (QED) is 0.905. The second-order valence-corrected chi connectivity index (χ2v) is 6.51. The molecule has 1 amide bonds. The Morgan fingerprint density at radius 1 is 1.38 bits per heavy atom. The molecule has 5 nitrogen and oxygen atoms in total. The number of nitrogens with one attached hydrogen (secondary N) is 1. The summed E-state index contributed by atoms with van der Waals surface area (Å²) in [6.45, 7) is 5.07. The number of amides is 1. The van der Waals surface area contributed by atoms with E-state index >= 15 is 0 Å².